The molecule has 2 N–H and O–H groups in total. The van der Waals surface area contributed by atoms with E-state index in [1.165, 1.54) is 0 Å². The summed E-state index contributed by atoms with van der Waals surface area (Å²) in [6, 6.07) is -0.627. The summed E-state index contributed by atoms with van der Waals surface area (Å²) >= 11 is 0. The Morgan fingerprint density at radius 3 is 2.56 bits per heavy atom. The molecule has 0 heterocycles. The molecule has 0 bridgehead atoms. The number of aliphatic carboxylic acids is 1. The summed E-state index contributed by atoms with van der Waals surface area (Å²) in [5, 5.41) is 10.7. The number of carboxylic acid groups (broad SMARTS) is 1. The number of ketones is 1. The van der Waals surface area contributed by atoms with Gasteiger partial charge in [0.2, 0.25) is 5.91 Å². The van der Waals surface area contributed by atoms with Gasteiger partial charge >= 0.3 is 5.97 Å². The van der Waals surface area contributed by atoms with Crippen molar-refractivity contribution in [2.24, 2.45) is 0 Å². The van der Waals surface area contributed by atoms with Crippen LogP contribution in [0.3, 0.4) is 0 Å². The van der Waals surface area contributed by atoms with Crippen molar-refractivity contribution in [3.05, 3.63) is 12.2 Å². The molecule has 1 unspecified atom stereocenters. The molecule has 0 aliphatic heterocycles. The maximum Gasteiger partial charge on any atom is 0.328 e. The molecule has 0 saturated heterocycles. The van der Waals surface area contributed by atoms with Crippen molar-refractivity contribution in [3.63, 3.8) is 0 Å². The third-order valence-electron chi connectivity index (χ3n) is 2.13. The van der Waals surface area contributed by atoms with Crippen LogP contribution in [-0.2, 0) is 19.1 Å². The summed E-state index contributed by atoms with van der Waals surface area (Å²) in [5.74, 6) is -1.91. The molecule has 0 rings (SSSR count). The van der Waals surface area contributed by atoms with Gasteiger partial charge in [0.25, 0.3) is 0 Å². The van der Waals surface area contributed by atoms with Crippen LogP contribution in [0.15, 0.2) is 12.2 Å². The van der Waals surface area contributed by atoms with Gasteiger partial charge < -0.3 is 15.2 Å². The van der Waals surface area contributed by atoms with Gasteiger partial charge in [0, 0.05) is 31.8 Å². The third kappa shape index (κ3) is 8.46. The van der Waals surface area contributed by atoms with E-state index < -0.39 is 17.9 Å². The van der Waals surface area contributed by atoms with Gasteiger partial charge in [-0.2, -0.15) is 0 Å². The number of carboxylic acids is 1. The summed E-state index contributed by atoms with van der Waals surface area (Å²) in [7, 11) is 0. The van der Waals surface area contributed by atoms with E-state index in [-0.39, 0.29) is 5.78 Å². The Kier molecular flexibility index (Phi) is 8.47. The Bertz CT molecular complexity index is 324. The van der Waals surface area contributed by atoms with E-state index in [4.69, 9.17) is 9.84 Å². The zero-order chi connectivity index (χ0) is 14.0. The Hall–Kier alpha value is -1.69. The van der Waals surface area contributed by atoms with Crippen LogP contribution in [0.25, 0.3) is 0 Å². The summed E-state index contributed by atoms with van der Waals surface area (Å²) in [6.45, 7) is 4.57. The van der Waals surface area contributed by atoms with Crippen LogP contribution >= 0.6 is 0 Å². The molecule has 0 spiro atoms. The molecule has 18 heavy (non-hydrogen) atoms. The highest BCUT2D eigenvalue weighted by Gasteiger charge is 2.13. The average molecular weight is 257 g/mol. The second kappa shape index (κ2) is 9.35. The van der Waals surface area contributed by atoms with Gasteiger partial charge in [0.1, 0.15) is 0 Å². The van der Waals surface area contributed by atoms with Gasteiger partial charge in [-0.05, 0) is 20.3 Å². The lowest BCUT2D eigenvalue weighted by Crippen LogP contribution is -2.37. The van der Waals surface area contributed by atoms with Crippen LogP contribution in [0.1, 0.15) is 26.7 Å². The summed E-state index contributed by atoms with van der Waals surface area (Å²) in [6.07, 6.45) is 2.54. The van der Waals surface area contributed by atoms with Crippen LogP contribution < -0.4 is 5.32 Å². The van der Waals surface area contributed by atoms with Crippen LogP contribution in [0.4, 0.5) is 0 Å². The maximum absolute atomic E-state index is 11.6. The fourth-order valence-electron chi connectivity index (χ4n) is 1.20. The fraction of sp³-hybridized carbons (Fsp3) is 0.583. The van der Waals surface area contributed by atoms with Crippen LogP contribution in [0.5, 0.6) is 0 Å². The standard InChI is InChI=1S/C12H19NO5/c1-3-18-8-4-5-10(14)9(2)13-11(15)6-7-12(16)17/h6-7,9H,3-5,8H2,1-2H3,(H,13,15)(H,16,17)/b7-6-. The van der Waals surface area contributed by atoms with Gasteiger partial charge in [0.15, 0.2) is 5.78 Å². The van der Waals surface area contributed by atoms with E-state index in [0.29, 0.717) is 26.1 Å². The van der Waals surface area contributed by atoms with Crippen molar-refractivity contribution in [1.29, 1.82) is 0 Å². The molecule has 0 aromatic rings. The lowest BCUT2D eigenvalue weighted by molar-refractivity contribution is -0.131. The minimum absolute atomic E-state index is 0.105. The first-order chi connectivity index (χ1) is 8.47. The van der Waals surface area contributed by atoms with E-state index in [2.05, 4.69) is 5.32 Å². The molecule has 1 amide bonds. The Morgan fingerprint density at radius 2 is 2.00 bits per heavy atom. The molecular weight excluding hydrogens is 238 g/mol. The smallest absolute Gasteiger partial charge is 0.328 e. The topological polar surface area (TPSA) is 92.7 Å². The normalized spacial score (nSPS) is 12.3. The molecular formula is C12H19NO5. The van der Waals surface area contributed by atoms with Gasteiger partial charge in [0.05, 0.1) is 6.04 Å². The van der Waals surface area contributed by atoms with Crippen molar-refractivity contribution in [2.75, 3.05) is 13.2 Å². The number of hydrogen-bond donors (Lipinski definition) is 2. The van der Waals surface area contributed by atoms with E-state index >= 15 is 0 Å². The number of rotatable bonds is 9. The Labute approximate surface area is 106 Å². The highest BCUT2D eigenvalue weighted by Crippen LogP contribution is 1.97. The van der Waals surface area contributed by atoms with Crippen LogP contribution in [0.2, 0.25) is 0 Å². The van der Waals surface area contributed by atoms with Gasteiger partial charge in [-0.3, -0.25) is 9.59 Å². The molecule has 0 aliphatic carbocycles. The first-order valence-electron chi connectivity index (χ1n) is 5.79. The predicted octanol–water partition coefficient (Wildman–Crippen LogP) is 0.518. The number of ether oxygens (including phenoxy) is 1. The van der Waals surface area contributed by atoms with Gasteiger partial charge in [-0.1, -0.05) is 0 Å². The van der Waals surface area contributed by atoms with Crippen molar-refractivity contribution in [1.82, 2.24) is 5.32 Å². The van der Waals surface area contributed by atoms with E-state index in [0.717, 1.165) is 12.2 Å². The van der Waals surface area contributed by atoms with Crippen molar-refractivity contribution in [3.8, 4) is 0 Å². The number of carbonyl (C=O) groups is 3. The van der Waals surface area contributed by atoms with Gasteiger partial charge in [-0.15, -0.1) is 0 Å². The minimum Gasteiger partial charge on any atom is -0.478 e. The third-order valence-corrected chi connectivity index (χ3v) is 2.13. The Balaban J connectivity index is 3.93. The molecule has 1 atom stereocenters. The summed E-state index contributed by atoms with van der Waals surface area (Å²) in [4.78, 5) is 32.9. The molecule has 0 radical (unpaired) electrons. The number of nitrogens with one attached hydrogen (secondary N) is 1. The largest absolute Gasteiger partial charge is 0.478 e. The molecule has 0 saturated carbocycles. The average Bonchev–Trinajstić information content (AvgIpc) is 2.31. The lowest BCUT2D eigenvalue weighted by atomic mass is 10.1. The van der Waals surface area contributed by atoms with Crippen molar-refractivity contribution < 1.29 is 24.2 Å². The predicted molar refractivity (Wildman–Crippen MR) is 65.1 cm³/mol. The quantitative estimate of drug-likeness (QED) is 0.464. The fourth-order valence-corrected chi connectivity index (χ4v) is 1.20. The molecule has 0 aliphatic rings. The zero-order valence-corrected chi connectivity index (χ0v) is 10.6. The first-order valence-corrected chi connectivity index (χ1v) is 5.79. The molecule has 0 aromatic carbocycles. The highest BCUT2D eigenvalue weighted by atomic mass is 16.5. The molecule has 102 valence electrons. The number of amides is 1. The zero-order valence-electron chi connectivity index (χ0n) is 10.6. The maximum atomic E-state index is 11.6. The van der Waals surface area contributed by atoms with E-state index in [1.807, 2.05) is 6.92 Å². The number of Topliss-reactive ketones (excluding diaryl/α,β-unsaturated/α-hetero) is 1. The summed E-state index contributed by atoms with van der Waals surface area (Å²) in [5.41, 5.74) is 0. The first kappa shape index (κ1) is 16.3. The number of hydrogen-bond acceptors (Lipinski definition) is 4. The van der Waals surface area contributed by atoms with Crippen molar-refractivity contribution >= 4 is 17.7 Å². The van der Waals surface area contributed by atoms with E-state index in [9.17, 15) is 14.4 Å². The second-order valence-corrected chi connectivity index (χ2v) is 3.67. The highest BCUT2D eigenvalue weighted by molar-refractivity contribution is 5.96. The molecule has 6 heteroatoms. The lowest BCUT2D eigenvalue weighted by Gasteiger charge is -2.11. The molecule has 6 nitrogen and oxygen atoms in total. The molecule has 0 fully saturated rings. The Morgan fingerprint density at radius 1 is 1.33 bits per heavy atom. The minimum atomic E-state index is -1.21. The molecule has 0 aromatic heterocycles. The van der Waals surface area contributed by atoms with Crippen LogP contribution in [-0.4, -0.2) is 42.0 Å². The SMILES string of the molecule is CCOCCCC(=O)C(C)NC(=O)/C=C\C(=O)O. The van der Waals surface area contributed by atoms with Crippen molar-refractivity contribution in [2.45, 2.75) is 32.7 Å². The van der Waals surface area contributed by atoms with Crippen LogP contribution in [0, 0.1) is 0 Å². The number of carbonyl (C=O) groups excluding carboxylic acids is 2. The second-order valence-electron chi connectivity index (χ2n) is 3.67. The van der Waals surface area contributed by atoms with Gasteiger partial charge in [-0.25, -0.2) is 4.79 Å². The monoisotopic (exact) mass is 257 g/mol. The summed E-state index contributed by atoms with van der Waals surface area (Å²) < 4.78 is 5.09. The van der Waals surface area contributed by atoms with E-state index in [1.54, 1.807) is 6.92 Å².